The smallest absolute Gasteiger partial charge is 0.276 e. The molecule has 0 atom stereocenters. The zero-order chi connectivity index (χ0) is 14.6. The molecule has 21 heavy (non-hydrogen) atoms. The largest absolute Gasteiger partial charge is 0.335 e. The fraction of sp³-hybridized carbons (Fsp3) is 0.188. The Morgan fingerprint density at radius 1 is 0.952 bits per heavy atom. The molecule has 0 aromatic heterocycles. The molecule has 1 aliphatic carbocycles. The lowest BCUT2D eigenvalue weighted by molar-refractivity contribution is -0.136. The molecule has 0 radical (unpaired) electrons. The summed E-state index contributed by atoms with van der Waals surface area (Å²) in [7, 11) is 0. The number of carbonyl (C=O) groups is 3. The Hall–Kier alpha value is -2.69. The molecule has 2 aromatic carbocycles. The van der Waals surface area contributed by atoms with E-state index in [9.17, 15) is 14.4 Å². The van der Waals surface area contributed by atoms with Gasteiger partial charge in [-0.3, -0.25) is 14.9 Å². The fourth-order valence-electron chi connectivity index (χ4n) is 2.86. The van der Waals surface area contributed by atoms with Gasteiger partial charge in [-0.15, -0.1) is 0 Å². The van der Waals surface area contributed by atoms with Crippen LogP contribution in [0.2, 0.25) is 0 Å². The van der Waals surface area contributed by atoms with Gasteiger partial charge >= 0.3 is 6.03 Å². The zero-order valence-electron chi connectivity index (χ0n) is 11.1. The van der Waals surface area contributed by atoms with Gasteiger partial charge < -0.3 is 0 Å². The summed E-state index contributed by atoms with van der Waals surface area (Å²) in [6.45, 7) is 0. The van der Waals surface area contributed by atoms with Gasteiger partial charge in [-0.1, -0.05) is 36.4 Å². The van der Waals surface area contributed by atoms with E-state index in [4.69, 9.17) is 0 Å². The van der Waals surface area contributed by atoms with Gasteiger partial charge in [0.05, 0.1) is 5.69 Å². The highest BCUT2D eigenvalue weighted by Crippen LogP contribution is 2.50. The van der Waals surface area contributed by atoms with Crippen molar-refractivity contribution in [1.82, 2.24) is 5.32 Å². The molecule has 0 bridgehead atoms. The number of nitrogens with one attached hydrogen (secondary N) is 1. The number of urea groups is 1. The van der Waals surface area contributed by atoms with Crippen molar-refractivity contribution in [1.29, 1.82) is 0 Å². The number of barbiturate groups is 1. The molecule has 1 aliphatic heterocycles. The monoisotopic (exact) mass is 280 g/mol. The van der Waals surface area contributed by atoms with Crippen LogP contribution in [0.3, 0.4) is 0 Å². The average Bonchev–Trinajstić information content (AvgIpc) is 3.28. The van der Waals surface area contributed by atoms with Crippen molar-refractivity contribution in [2.75, 3.05) is 4.90 Å². The highest BCUT2D eigenvalue weighted by molar-refractivity contribution is 6.32. The zero-order valence-corrected chi connectivity index (χ0v) is 11.1. The molecule has 1 spiro atoms. The van der Waals surface area contributed by atoms with E-state index in [-0.39, 0.29) is 0 Å². The lowest BCUT2D eigenvalue weighted by atomic mass is 10.00. The number of hydrogen-bond donors (Lipinski definition) is 1. The van der Waals surface area contributed by atoms with Crippen LogP contribution in [0.4, 0.5) is 10.5 Å². The van der Waals surface area contributed by atoms with E-state index in [0.29, 0.717) is 18.5 Å². The second kappa shape index (κ2) is 3.91. The van der Waals surface area contributed by atoms with Gasteiger partial charge in [-0.25, -0.2) is 9.69 Å². The standard InChI is InChI=1S/C16H12N2O3/c19-13-16(8-9-16)14(20)18(15(21)17-13)12-7-3-5-10-4-1-2-6-11(10)12/h1-7H,8-9H2,(H,17,19,21). The molecule has 4 rings (SSSR count). The Morgan fingerprint density at radius 3 is 2.43 bits per heavy atom. The normalized spacial score (nSPS) is 20.0. The van der Waals surface area contributed by atoms with Gasteiger partial charge in [-0.05, 0) is 24.3 Å². The maximum Gasteiger partial charge on any atom is 0.335 e. The van der Waals surface area contributed by atoms with Crippen LogP contribution < -0.4 is 10.2 Å². The van der Waals surface area contributed by atoms with Crippen molar-refractivity contribution in [2.24, 2.45) is 5.41 Å². The molecule has 1 heterocycles. The van der Waals surface area contributed by atoms with Crippen LogP contribution in [0.15, 0.2) is 42.5 Å². The minimum atomic E-state index is -1.02. The SMILES string of the molecule is O=C1NC(=O)C2(CC2)C(=O)N1c1cccc2ccccc12. The van der Waals surface area contributed by atoms with E-state index in [2.05, 4.69) is 5.32 Å². The molecule has 1 saturated heterocycles. The first-order chi connectivity index (χ1) is 10.1. The van der Waals surface area contributed by atoms with E-state index in [1.807, 2.05) is 30.3 Å². The molecule has 2 fully saturated rings. The number of amides is 4. The van der Waals surface area contributed by atoms with Gasteiger partial charge in [0, 0.05) is 5.39 Å². The van der Waals surface area contributed by atoms with Crippen molar-refractivity contribution in [2.45, 2.75) is 12.8 Å². The van der Waals surface area contributed by atoms with Crippen LogP contribution in [0.25, 0.3) is 10.8 Å². The van der Waals surface area contributed by atoms with E-state index in [1.165, 1.54) is 0 Å². The van der Waals surface area contributed by atoms with Gasteiger partial charge in [0.25, 0.3) is 5.91 Å². The maximum absolute atomic E-state index is 12.6. The quantitative estimate of drug-likeness (QED) is 0.814. The first-order valence-electron chi connectivity index (χ1n) is 6.81. The number of hydrogen-bond acceptors (Lipinski definition) is 3. The van der Waals surface area contributed by atoms with Crippen LogP contribution in [-0.2, 0) is 9.59 Å². The van der Waals surface area contributed by atoms with Gasteiger partial charge in [0.1, 0.15) is 5.41 Å². The summed E-state index contributed by atoms with van der Waals surface area (Å²) >= 11 is 0. The van der Waals surface area contributed by atoms with Crippen LogP contribution in [0.1, 0.15) is 12.8 Å². The summed E-state index contributed by atoms with van der Waals surface area (Å²) in [5.74, 6) is -0.874. The van der Waals surface area contributed by atoms with E-state index in [0.717, 1.165) is 15.7 Å². The molecule has 5 nitrogen and oxygen atoms in total. The summed E-state index contributed by atoms with van der Waals surface area (Å²) < 4.78 is 0. The van der Waals surface area contributed by atoms with Crippen LogP contribution in [0, 0.1) is 5.41 Å². The number of carbonyl (C=O) groups excluding carboxylic acids is 3. The predicted octanol–water partition coefficient (Wildman–Crippen LogP) is 2.20. The molecule has 2 aromatic rings. The third-order valence-electron chi connectivity index (χ3n) is 4.23. The Morgan fingerprint density at radius 2 is 1.67 bits per heavy atom. The Kier molecular flexibility index (Phi) is 2.25. The second-order valence-electron chi connectivity index (χ2n) is 5.48. The summed E-state index contributed by atoms with van der Waals surface area (Å²) in [5, 5.41) is 4.06. The predicted molar refractivity (Wildman–Crippen MR) is 76.6 cm³/mol. The molecule has 1 N–H and O–H groups in total. The molecular weight excluding hydrogens is 268 g/mol. The molecule has 0 unspecified atom stereocenters. The summed E-state index contributed by atoms with van der Waals surface area (Å²) in [6.07, 6.45) is 1.01. The number of nitrogens with zero attached hydrogens (tertiary/aromatic N) is 1. The molecular formula is C16H12N2O3. The summed E-state index contributed by atoms with van der Waals surface area (Å²) in [5.41, 5.74) is -0.500. The first-order valence-corrected chi connectivity index (χ1v) is 6.81. The third kappa shape index (κ3) is 1.54. The molecule has 2 aliphatic rings. The number of benzene rings is 2. The lowest BCUT2D eigenvalue weighted by Crippen LogP contribution is -2.59. The van der Waals surface area contributed by atoms with Crippen molar-refractivity contribution in [3.8, 4) is 0 Å². The minimum Gasteiger partial charge on any atom is -0.276 e. The van der Waals surface area contributed by atoms with Crippen LogP contribution >= 0.6 is 0 Å². The first kappa shape index (κ1) is 12.1. The number of rotatable bonds is 1. The van der Waals surface area contributed by atoms with Crippen molar-refractivity contribution in [3.63, 3.8) is 0 Å². The number of imide groups is 2. The molecule has 4 amide bonds. The lowest BCUT2D eigenvalue weighted by Gasteiger charge is -2.30. The Labute approximate surface area is 120 Å². The average molecular weight is 280 g/mol. The van der Waals surface area contributed by atoms with Gasteiger partial charge in [0.2, 0.25) is 5.91 Å². The molecule has 1 saturated carbocycles. The maximum atomic E-state index is 12.6. The van der Waals surface area contributed by atoms with Gasteiger partial charge in [-0.2, -0.15) is 0 Å². The molecule has 104 valence electrons. The summed E-state index contributed by atoms with van der Waals surface area (Å²) in [4.78, 5) is 37.7. The van der Waals surface area contributed by atoms with E-state index in [1.54, 1.807) is 12.1 Å². The highest BCUT2D eigenvalue weighted by Gasteiger charge is 2.62. The third-order valence-corrected chi connectivity index (χ3v) is 4.23. The highest BCUT2D eigenvalue weighted by atomic mass is 16.2. The molecule has 5 heteroatoms. The fourth-order valence-corrected chi connectivity index (χ4v) is 2.86. The van der Waals surface area contributed by atoms with E-state index < -0.39 is 23.3 Å². The van der Waals surface area contributed by atoms with Crippen LogP contribution in [0.5, 0.6) is 0 Å². The minimum absolute atomic E-state index is 0.410. The second-order valence-corrected chi connectivity index (χ2v) is 5.48. The van der Waals surface area contributed by atoms with Crippen molar-refractivity contribution < 1.29 is 14.4 Å². The summed E-state index contributed by atoms with van der Waals surface area (Å²) in [6, 6.07) is 12.3. The van der Waals surface area contributed by atoms with Crippen LogP contribution in [-0.4, -0.2) is 17.8 Å². The van der Waals surface area contributed by atoms with Crippen molar-refractivity contribution in [3.05, 3.63) is 42.5 Å². The number of anilines is 1. The van der Waals surface area contributed by atoms with Crippen molar-refractivity contribution >= 4 is 34.3 Å². The Balaban J connectivity index is 1.90. The number of fused-ring (bicyclic) bond motifs is 1. The Bertz CT molecular complexity index is 803. The van der Waals surface area contributed by atoms with E-state index >= 15 is 0 Å². The topological polar surface area (TPSA) is 66.5 Å². The van der Waals surface area contributed by atoms with Gasteiger partial charge in [0.15, 0.2) is 0 Å².